The molecule has 0 amide bonds. The summed E-state index contributed by atoms with van der Waals surface area (Å²) in [5, 5.41) is 10.6. The molecule has 3 heteroatoms. The van der Waals surface area contributed by atoms with Gasteiger partial charge in [0.05, 0.1) is 11.1 Å². The van der Waals surface area contributed by atoms with Crippen LogP contribution in [-0.2, 0) is 18.4 Å². The molecule has 2 rings (SSSR count). The zero-order valence-electron chi connectivity index (χ0n) is 12.9. The van der Waals surface area contributed by atoms with E-state index in [9.17, 15) is 9.90 Å². The highest BCUT2D eigenvalue weighted by Gasteiger charge is 2.21. The number of carboxylic acids is 1. The van der Waals surface area contributed by atoms with Crippen molar-refractivity contribution in [2.45, 2.75) is 53.0 Å². The van der Waals surface area contributed by atoms with Crippen molar-refractivity contribution < 1.29 is 9.90 Å². The maximum Gasteiger partial charge on any atom is 0.337 e. The Morgan fingerprint density at radius 2 is 1.90 bits per heavy atom. The Morgan fingerprint density at radius 1 is 1.25 bits per heavy atom. The molecule has 20 heavy (non-hydrogen) atoms. The van der Waals surface area contributed by atoms with Gasteiger partial charge in [0.2, 0.25) is 0 Å². The van der Waals surface area contributed by atoms with Crippen LogP contribution in [0.2, 0.25) is 0 Å². The number of carbonyl (C=O) groups is 1. The van der Waals surface area contributed by atoms with Gasteiger partial charge in [0.25, 0.3) is 0 Å². The second kappa shape index (κ2) is 4.97. The van der Waals surface area contributed by atoms with Gasteiger partial charge in [-0.05, 0) is 42.0 Å². The molecule has 1 aromatic carbocycles. The average molecular weight is 273 g/mol. The van der Waals surface area contributed by atoms with Crippen LogP contribution >= 0.6 is 0 Å². The smallest absolute Gasteiger partial charge is 0.337 e. The highest BCUT2D eigenvalue weighted by molar-refractivity contribution is 6.04. The summed E-state index contributed by atoms with van der Waals surface area (Å²) in [6.45, 7) is 11.3. The summed E-state index contributed by atoms with van der Waals surface area (Å²) < 4.78 is 2.05. The lowest BCUT2D eigenvalue weighted by Gasteiger charge is -2.20. The van der Waals surface area contributed by atoms with Gasteiger partial charge in [-0.1, -0.05) is 27.7 Å². The van der Waals surface area contributed by atoms with E-state index in [0.717, 1.165) is 29.4 Å². The molecule has 0 aliphatic rings. The van der Waals surface area contributed by atoms with Crippen LogP contribution < -0.4 is 0 Å². The third-order valence-corrected chi connectivity index (χ3v) is 3.87. The van der Waals surface area contributed by atoms with Crippen LogP contribution in [0.4, 0.5) is 0 Å². The van der Waals surface area contributed by atoms with Crippen molar-refractivity contribution in [2.75, 3.05) is 0 Å². The van der Waals surface area contributed by atoms with Crippen LogP contribution in [0, 0.1) is 0 Å². The summed E-state index contributed by atoms with van der Waals surface area (Å²) in [5.41, 5.74) is 3.50. The molecule has 2 aromatic rings. The number of aromatic carboxylic acids is 1. The summed E-state index contributed by atoms with van der Waals surface area (Å²) >= 11 is 0. The fourth-order valence-corrected chi connectivity index (χ4v) is 2.64. The lowest BCUT2D eigenvalue weighted by Crippen LogP contribution is -2.13. The first-order chi connectivity index (χ1) is 9.29. The predicted molar refractivity (Wildman–Crippen MR) is 82.6 cm³/mol. The van der Waals surface area contributed by atoms with Crippen LogP contribution in [0.3, 0.4) is 0 Å². The molecule has 108 valence electrons. The third kappa shape index (κ3) is 2.33. The van der Waals surface area contributed by atoms with E-state index in [0.29, 0.717) is 5.56 Å². The van der Waals surface area contributed by atoms with Crippen LogP contribution in [0.25, 0.3) is 10.9 Å². The Hall–Kier alpha value is -1.77. The van der Waals surface area contributed by atoms with Crippen LogP contribution in [0.1, 0.15) is 56.1 Å². The fourth-order valence-electron chi connectivity index (χ4n) is 2.64. The Balaban J connectivity index is 2.90. The topological polar surface area (TPSA) is 42.2 Å². The van der Waals surface area contributed by atoms with E-state index in [1.807, 2.05) is 17.6 Å². The minimum atomic E-state index is -0.850. The van der Waals surface area contributed by atoms with Gasteiger partial charge in [-0.3, -0.25) is 0 Å². The molecular formula is C17H23NO2. The summed E-state index contributed by atoms with van der Waals surface area (Å²) in [4.78, 5) is 11.6. The normalized spacial score (nSPS) is 12.1. The Labute approximate surface area is 120 Å². The van der Waals surface area contributed by atoms with Gasteiger partial charge in [-0.25, -0.2) is 4.79 Å². The maximum absolute atomic E-state index is 11.6. The van der Waals surface area contributed by atoms with E-state index in [1.54, 1.807) is 0 Å². The molecular weight excluding hydrogens is 250 g/mol. The standard InChI is InChI=1S/C17H23NO2/c1-6-11-10-18(7-2)15-13(11)8-12(17(3,4)5)9-14(15)16(19)20/h8-10H,6-7H2,1-5H3,(H,19,20). The summed E-state index contributed by atoms with van der Waals surface area (Å²) in [6, 6.07) is 3.99. The quantitative estimate of drug-likeness (QED) is 0.909. The fraction of sp³-hybridized carbons (Fsp3) is 0.471. The molecule has 0 atom stereocenters. The molecule has 0 aliphatic heterocycles. The SMILES string of the molecule is CCc1cn(CC)c2c(C(=O)O)cc(C(C)(C)C)cc12. The first kappa shape index (κ1) is 14.6. The van der Waals surface area contributed by atoms with Crippen molar-refractivity contribution in [1.82, 2.24) is 4.57 Å². The average Bonchev–Trinajstić information content (AvgIpc) is 2.74. The number of hydrogen-bond donors (Lipinski definition) is 1. The van der Waals surface area contributed by atoms with E-state index in [1.165, 1.54) is 5.56 Å². The number of aryl methyl sites for hydroxylation is 2. The predicted octanol–water partition coefficient (Wildman–Crippen LogP) is 4.22. The molecule has 0 fully saturated rings. The van der Waals surface area contributed by atoms with Crippen molar-refractivity contribution in [3.8, 4) is 0 Å². The Bertz CT molecular complexity index is 660. The highest BCUT2D eigenvalue weighted by Crippen LogP contribution is 2.32. The van der Waals surface area contributed by atoms with Crippen molar-refractivity contribution in [2.24, 2.45) is 0 Å². The summed E-state index contributed by atoms with van der Waals surface area (Å²) in [5.74, 6) is -0.850. The molecule has 1 N–H and O–H groups in total. The molecule has 3 nitrogen and oxygen atoms in total. The second-order valence-electron chi connectivity index (χ2n) is 6.27. The van der Waals surface area contributed by atoms with Crippen LogP contribution in [-0.4, -0.2) is 15.6 Å². The van der Waals surface area contributed by atoms with Crippen LogP contribution in [0.15, 0.2) is 18.3 Å². The Kier molecular flexibility index (Phi) is 3.63. The largest absolute Gasteiger partial charge is 0.478 e. The Morgan fingerprint density at radius 3 is 2.35 bits per heavy atom. The lowest BCUT2D eigenvalue weighted by molar-refractivity contribution is 0.0698. The number of hydrogen-bond acceptors (Lipinski definition) is 1. The molecule has 0 bridgehead atoms. The molecule has 0 saturated carbocycles. The minimum Gasteiger partial charge on any atom is -0.478 e. The van der Waals surface area contributed by atoms with Crippen molar-refractivity contribution in [3.63, 3.8) is 0 Å². The lowest BCUT2D eigenvalue weighted by atomic mass is 9.85. The van der Waals surface area contributed by atoms with E-state index in [2.05, 4.69) is 40.0 Å². The van der Waals surface area contributed by atoms with Crippen LogP contribution in [0.5, 0.6) is 0 Å². The number of carboxylic acid groups (broad SMARTS) is 1. The summed E-state index contributed by atoms with van der Waals surface area (Å²) in [7, 11) is 0. The molecule has 1 aromatic heterocycles. The highest BCUT2D eigenvalue weighted by atomic mass is 16.4. The van der Waals surface area contributed by atoms with Gasteiger partial charge >= 0.3 is 5.97 Å². The molecule has 0 unspecified atom stereocenters. The minimum absolute atomic E-state index is 0.0578. The van der Waals surface area contributed by atoms with Gasteiger partial charge in [0, 0.05) is 18.1 Å². The van der Waals surface area contributed by atoms with E-state index in [-0.39, 0.29) is 5.41 Å². The number of aromatic nitrogens is 1. The number of fused-ring (bicyclic) bond motifs is 1. The zero-order valence-corrected chi connectivity index (χ0v) is 12.9. The van der Waals surface area contributed by atoms with Gasteiger partial charge in [0.1, 0.15) is 0 Å². The second-order valence-corrected chi connectivity index (χ2v) is 6.27. The first-order valence-electron chi connectivity index (χ1n) is 7.19. The number of rotatable bonds is 3. The molecule has 0 spiro atoms. The van der Waals surface area contributed by atoms with Gasteiger partial charge in [-0.15, -0.1) is 0 Å². The first-order valence-corrected chi connectivity index (χ1v) is 7.19. The maximum atomic E-state index is 11.6. The molecule has 0 aliphatic carbocycles. The molecule has 1 heterocycles. The van der Waals surface area contributed by atoms with Crippen molar-refractivity contribution in [1.29, 1.82) is 0 Å². The zero-order chi connectivity index (χ0) is 15.1. The summed E-state index contributed by atoms with van der Waals surface area (Å²) in [6.07, 6.45) is 3.00. The monoisotopic (exact) mass is 273 g/mol. The van der Waals surface area contributed by atoms with Gasteiger partial charge < -0.3 is 9.67 Å². The van der Waals surface area contributed by atoms with Gasteiger partial charge in [0.15, 0.2) is 0 Å². The van der Waals surface area contributed by atoms with Crippen molar-refractivity contribution >= 4 is 16.9 Å². The number of benzene rings is 1. The van der Waals surface area contributed by atoms with E-state index < -0.39 is 5.97 Å². The van der Waals surface area contributed by atoms with Crippen molar-refractivity contribution in [3.05, 3.63) is 35.0 Å². The number of nitrogens with zero attached hydrogens (tertiary/aromatic N) is 1. The third-order valence-electron chi connectivity index (χ3n) is 3.87. The van der Waals surface area contributed by atoms with E-state index in [4.69, 9.17) is 0 Å². The van der Waals surface area contributed by atoms with Gasteiger partial charge in [-0.2, -0.15) is 0 Å². The molecule has 0 radical (unpaired) electrons. The van der Waals surface area contributed by atoms with E-state index >= 15 is 0 Å². The molecule has 0 saturated heterocycles.